The third kappa shape index (κ3) is 3.43. The first kappa shape index (κ1) is 14.4. The largest absolute Gasteiger partial charge is 0.351 e. The van der Waals surface area contributed by atoms with E-state index in [-0.39, 0.29) is 10.8 Å². The van der Waals surface area contributed by atoms with Crippen LogP contribution < -0.4 is 10.6 Å². The highest BCUT2D eigenvalue weighted by atomic mass is 32.2. The second kappa shape index (κ2) is 5.34. The Bertz CT molecular complexity index is 555. The van der Waals surface area contributed by atoms with Gasteiger partial charge in [0.25, 0.3) is 0 Å². The van der Waals surface area contributed by atoms with Crippen molar-refractivity contribution in [3.8, 4) is 0 Å². The van der Waals surface area contributed by atoms with Gasteiger partial charge in [0, 0.05) is 13.3 Å². The molecule has 0 unspecified atom stereocenters. The van der Waals surface area contributed by atoms with Crippen LogP contribution in [0.4, 0.5) is 10.6 Å². The molecule has 0 aliphatic carbocycles. The molecule has 1 heterocycles. The minimum absolute atomic E-state index is 0.0449. The third-order valence-corrected chi connectivity index (χ3v) is 3.41. The number of pyridine rings is 1. The van der Waals surface area contributed by atoms with Crippen molar-refractivity contribution in [1.82, 2.24) is 4.98 Å². The van der Waals surface area contributed by atoms with Crippen LogP contribution in [0.15, 0.2) is 17.2 Å². The summed E-state index contributed by atoms with van der Waals surface area (Å²) in [6, 6.07) is 2.51. The van der Waals surface area contributed by atoms with Gasteiger partial charge in [-0.25, -0.2) is 18.2 Å². The van der Waals surface area contributed by atoms with Crippen LogP contribution in [0.1, 0.15) is 18.9 Å². The summed E-state index contributed by atoms with van der Waals surface area (Å²) in [4.78, 5) is 16.2. The van der Waals surface area contributed by atoms with Gasteiger partial charge in [0.15, 0.2) is 14.9 Å². The van der Waals surface area contributed by atoms with Crippen molar-refractivity contribution < 1.29 is 13.2 Å². The van der Waals surface area contributed by atoms with E-state index in [0.717, 1.165) is 23.1 Å². The number of urea groups is 1. The molecule has 7 heteroatoms. The van der Waals surface area contributed by atoms with Crippen LogP contribution in [0.3, 0.4) is 0 Å². The maximum Gasteiger partial charge on any atom is 0.320 e. The first-order valence-corrected chi connectivity index (χ1v) is 7.39. The number of anilines is 1. The molecule has 6 nitrogen and oxygen atoms in total. The fraction of sp³-hybridized carbons (Fsp3) is 0.455. The van der Waals surface area contributed by atoms with Crippen LogP contribution in [0.25, 0.3) is 0 Å². The number of aromatic nitrogens is 1. The van der Waals surface area contributed by atoms with Crippen LogP contribution in [-0.2, 0) is 16.3 Å². The topological polar surface area (TPSA) is 93.4 Å². The van der Waals surface area contributed by atoms with Crippen LogP contribution in [0.2, 0.25) is 0 Å². The molecule has 1 rings (SSSR count). The van der Waals surface area contributed by atoms with Gasteiger partial charge in [0.1, 0.15) is 5.82 Å². The van der Waals surface area contributed by atoms with E-state index in [0.29, 0.717) is 6.42 Å². The highest BCUT2D eigenvalue weighted by Gasteiger charge is 2.15. The highest BCUT2D eigenvalue weighted by Crippen LogP contribution is 2.18. The lowest BCUT2D eigenvalue weighted by Crippen LogP contribution is -2.32. The molecule has 1 aromatic heterocycles. The van der Waals surface area contributed by atoms with Crippen molar-refractivity contribution in [2.45, 2.75) is 24.8 Å². The van der Waals surface area contributed by atoms with Gasteiger partial charge in [-0.1, -0.05) is 13.3 Å². The Morgan fingerprint density at radius 3 is 2.50 bits per heavy atom. The fourth-order valence-electron chi connectivity index (χ4n) is 1.45. The van der Waals surface area contributed by atoms with Crippen LogP contribution in [-0.4, -0.2) is 32.7 Å². The summed E-state index contributed by atoms with van der Waals surface area (Å²) < 4.78 is 23.1. The molecular formula is C11H17N3O3S. The Morgan fingerprint density at radius 2 is 2.06 bits per heavy atom. The zero-order valence-electron chi connectivity index (χ0n) is 10.7. The average molecular weight is 271 g/mol. The van der Waals surface area contributed by atoms with E-state index in [2.05, 4.69) is 4.98 Å². The van der Waals surface area contributed by atoms with Crippen LogP contribution in [0, 0.1) is 0 Å². The summed E-state index contributed by atoms with van der Waals surface area (Å²) in [6.45, 7) is 1.98. The number of hydrogen-bond donors (Lipinski definition) is 1. The first-order valence-electron chi connectivity index (χ1n) is 5.50. The molecule has 0 spiro atoms. The van der Waals surface area contributed by atoms with Crippen molar-refractivity contribution in [3.63, 3.8) is 0 Å². The number of primary amides is 1. The first-order chi connectivity index (χ1) is 8.25. The van der Waals surface area contributed by atoms with Crippen molar-refractivity contribution in [2.24, 2.45) is 5.73 Å². The van der Waals surface area contributed by atoms with E-state index in [1.54, 1.807) is 6.07 Å². The van der Waals surface area contributed by atoms with E-state index < -0.39 is 15.9 Å². The van der Waals surface area contributed by atoms with Gasteiger partial charge < -0.3 is 5.73 Å². The van der Waals surface area contributed by atoms with Crippen molar-refractivity contribution >= 4 is 21.7 Å². The minimum atomic E-state index is -3.42. The molecule has 0 bridgehead atoms. The number of carbonyl (C=O) groups excluding carboxylic acids is 1. The molecule has 0 radical (unpaired) electrons. The predicted octanol–water partition coefficient (Wildman–Crippen LogP) is 0.953. The van der Waals surface area contributed by atoms with Gasteiger partial charge in [-0.3, -0.25) is 4.90 Å². The van der Waals surface area contributed by atoms with E-state index in [1.807, 2.05) is 6.92 Å². The van der Waals surface area contributed by atoms with Crippen LogP contribution in [0.5, 0.6) is 0 Å². The maximum absolute atomic E-state index is 11.5. The normalized spacial score (nSPS) is 11.3. The Hall–Kier alpha value is -1.63. The second-order valence-electron chi connectivity index (χ2n) is 4.09. The molecule has 0 atom stereocenters. The molecule has 2 N–H and O–H groups in total. The lowest BCUT2D eigenvalue weighted by molar-refractivity contribution is 0.255. The molecule has 0 saturated carbocycles. The maximum atomic E-state index is 11.5. The number of amides is 2. The van der Waals surface area contributed by atoms with Crippen molar-refractivity contribution in [1.29, 1.82) is 0 Å². The molecule has 0 aliphatic heterocycles. The Labute approximate surface area is 107 Å². The number of sulfone groups is 1. The molecule has 1 aromatic rings. The summed E-state index contributed by atoms with van der Waals surface area (Å²) in [7, 11) is -1.96. The zero-order chi connectivity index (χ0) is 13.9. The molecule has 18 heavy (non-hydrogen) atoms. The van der Waals surface area contributed by atoms with E-state index in [4.69, 9.17) is 5.73 Å². The van der Waals surface area contributed by atoms with Crippen molar-refractivity contribution in [3.05, 3.63) is 17.7 Å². The molecule has 0 fully saturated rings. The third-order valence-electron chi connectivity index (χ3n) is 2.44. The number of carbonyl (C=O) groups is 1. The number of rotatable bonds is 4. The molecule has 100 valence electrons. The lowest BCUT2D eigenvalue weighted by Gasteiger charge is -2.15. The average Bonchev–Trinajstić information content (AvgIpc) is 2.26. The minimum Gasteiger partial charge on any atom is -0.351 e. The summed E-state index contributed by atoms with van der Waals surface area (Å²) >= 11 is 0. The van der Waals surface area contributed by atoms with Crippen LogP contribution >= 0.6 is 0 Å². The summed E-state index contributed by atoms with van der Waals surface area (Å²) in [5.74, 6) is 0.244. The van der Waals surface area contributed by atoms with Crippen molar-refractivity contribution in [2.75, 3.05) is 18.2 Å². The second-order valence-corrected chi connectivity index (χ2v) is 6.05. The molecule has 0 aromatic carbocycles. The van der Waals surface area contributed by atoms with Gasteiger partial charge in [-0.2, -0.15) is 0 Å². The standard InChI is InChI=1S/C11H17N3O3S/c1-4-5-8-6-9(14(2)11(12)15)13-10(7-8)18(3,16)17/h6-7H,4-5H2,1-3H3,(H2,12,15). The zero-order valence-corrected chi connectivity index (χ0v) is 11.5. The highest BCUT2D eigenvalue weighted by molar-refractivity contribution is 7.90. The van der Waals surface area contributed by atoms with Gasteiger partial charge in [0.2, 0.25) is 0 Å². The van der Waals surface area contributed by atoms with Gasteiger partial charge in [-0.15, -0.1) is 0 Å². The SMILES string of the molecule is CCCc1cc(N(C)C(N)=O)nc(S(C)(=O)=O)c1. The molecule has 2 amide bonds. The Balaban J connectivity index is 3.35. The summed E-state index contributed by atoms with van der Waals surface area (Å²) in [5, 5.41) is -0.0449. The Kier molecular flexibility index (Phi) is 4.28. The van der Waals surface area contributed by atoms with Gasteiger partial charge in [-0.05, 0) is 24.1 Å². The number of nitrogens with zero attached hydrogens (tertiary/aromatic N) is 2. The van der Waals surface area contributed by atoms with E-state index in [1.165, 1.54) is 13.1 Å². The molecule has 0 aliphatic rings. The monoisotopic (exact) mass is 271 g/mol. The number of nitrogens with two attached hydrogens (primary N) is 1. The number of aryl methyl sites for hydroxylation is 1. The predicted molar refractivity (Wildman–Crippen MR) is 69.3 cm³/mol. The van der Waals surface area contributed by atoms with E-state index >= 15 is 0 Å². The summed E-state index contributed by atoms with van der Waals surface area (Å²) in [5.41, 5.74) is 5.96. The number of hydrogen-bond acceptors (Lipinski definition) is 4. The van der Waals surface area contributed by atoms with E-state index in [9.17, 15) is 13.2 Å². The van der Waals surface area contributed by atoms with Gasteiger partial charge >= 0.3 is 6.03 Å². The summed E-state index contributed by atoms with van der Waals surface area (Å²) in [6.07, 6.45) is 2.66. The Morgan fingerprint density at radius 1 is 1.44 bits per heavy atom. The van der Waals surface area contributed by atoms with Gasteiger partial charge in [0.05, 0.1) is 0 Å². The smallest absolute Gasteiger partial charge is 0.320 e. The quantitative estimate of drug-likeness (QED) is 0.882. The molecule has 0 saturated heterocycles. The lowest BCUT2D eigenvalue weighted by atomic mass is 10.1. The molecular weight excluding hydrogens is 254 g/mol. The fourth-order valence-corrected chi connectivity index (χ4v) is 2.08.